The number of anilines is 1. The van der Waals surface area contributed by atoms with Gasteiger partial charge in [0.05, 0.1) is 17.3 Å². The van der Waals surface area contributed by atoms with Crippen LogP contribution in [0.2, 0.25) is 5.02 Å². The minimum atomic E-state index is 0.0439. The lowest BCUT2D eigenvalue weighted by Gasteiger charge is -2.16. The molecular weight excluding hydrogens is 286 g/mol. The van der Waals surface area contributed by atoms with Crippen molar-refractivity contribution in [2.24, 2.45) is 11.8 Å². The molecule has 1 aromatic carbocycles. The molecule has 0 aliphatic heterocycles. The molecule has 1 amide bonds. The van der Waals surface area contributed by atoms with Gasteiger partial charge in [0, 0.05) is 17.9 Å². The lowest BCUT2D eigenvalue weighted by Crippen LogP contribution is -2.24. The topological polar surface area (TPSA) is 49.3 Å². The van der Waals surface area contributed by atoms with E-state index >= 15 is 0 Å². The van der Waals surface area contributed by atoms with Crippen LogP contribution < -0.4 is 5.32 Å². The second kappa shape index (κ2) is 7.49. The first-order valence-corrected chi connectivity index (χ1v) is 7.69. The smallest absolute Gasteiger partial charge is 0.227 e. The molecule has 2 atom stereocenters. The number of aliphatic hydroxyl groups is 1. The molecule has 1 aliphatic rings. The highest BCUT2D eigenvalue weighted by Crippen LogP contribution is 2.33. The third-order valence-corrected chi connectivity index (χ3v) is 4.22. The predicted molar refractivity (Wildman–Crippen MR) is 85.2 cm³/mol. The van der Waals surface area contributed by atoms with Crippen LogP contribution in [0.1, 0.15) is 38.2 Å². The monoisotopic (exact) mass is 305 g/mol. The minimum absolute atomic E-state index is 0.0439. The number of rotatable bonds is 3. The van der Waals surface area contributed by atoms with Gasteiger partial charge >= 0.3 is 0 Å². The largest absolute Gasteiger partial charge is 0.395 e. The molecule has 2 rings (SSSR count). The Morgan fingerprint density at radius 3 is 2.95 bits per heavy atom. The number of amides is 1. The Balaban J connectivity index is 2.10. The van der Waals surface area contributed by atoms with E-state index in [2.05, 4.69) is 24.1 Å². The number of hydrogen-bond donors (Lipinski definition) is 2. The van der Waals surface area contributed by atoms with Gasteiger partial charge in [-0.3, -0.25) is 4.79 Å². The van der Waals surface area contributed by atoms with Crippen LogP contribution in [0.4, 0.5) is 5.69 Å². The van der Waals surface area contributed by atoms with Crippen LogP contribution in [-0.4, -0.2) is 17.6 Å². The molecule has 0 spiro atoms. The van der Waals surface area contributed by atoms with Crippen LogP contribution in [0.15, 0.2) is 18.2 Å². The van der Waals surface area contributed by atoms with Crippen LogP contribution in [0.5, 0.6) is 0 Å². The lowest BCUT2D eigenvalue weighted by atomic mass is 9.97. The highest BCUT2D eigenvalue weighted by atomic mass is 35.5. The highest BCUT2D eigenvalue weighted by Gasteiger charge is 2.29. The first kappa shape index (κ1) is 15.9. The van der Waals surface area contributed by atoms with Crippen molar-refractivity contribution in [2.75, 3.05) is 11.9 Å². The third kappa shape index (κ3) is 4.23. The molecular formula is C17H20ClNO2. The van der Waals surface area contributed by atoms with Crippen molar-refractivity contribution < 1.29 is 9.90 Å². The second-order valence-corrected chi connectivity index (χ2v) is 5.88. The Morgan fingerprint density at radius 1 is 1.48 bits per heavy atom. The van der Waals surface area contributed by atoms with Crippen molar-refractivity contribution >= 4 is 23.2 Å². The summed E-state index contributed by atoms with van der Waals surface area (Å²) in [6.45, 7) is 2.17. The second-order valence-electron chi connectivity index (χ2n) is 5.47. The molecule has 1 saturated carbocycles. The number of hydrogen-bond acceptors (Lipinski definition) is 2. The summed E-state index contributed by atoms with van der Waals surface area (Å²) in [6, 6.07) is 5.32. The van der Waals surface area contributed by atoms with E-state index in [0.29, 0.717) is 23.0 Å². The van der Waals surface area contributed by atoms with Crippen molar-refractivity contribution in [3.8, 4) is 11.8 Å². The average molecular weight is 306 g/mol. The maximum Gasteiger partial charge on any atom is 0.227 e. The number of aliphatic hydroxyl groups excluding tert-OH is 1. The normalized spacial score (nSPS) is 20.7. The first-order chi connectivity index (χ1) is 10.1. The zero-order chi connectivity index (χ0) is 15.2. The SMILES string of the molecule is CC1CCCC1C(=O)Nc1cc(C#CCCO)ccc1Cl. The minimum Gasteiger partial charge on any atom is -0.395 e. The summed E-state index contributed by atoms with van der Waals surface area (Å²) in [7, 11) is 0. The van der Waals surface area contributed by atoms with Gasteiger partial charge in [-0.1, -0.05) is 36.8 Å². The van der Waals surface area contributed by atoms with Gasteiger partial charge in [-0.05, 0) is 37.0 Å². The van der Waals surface area contributed by atoms with Crippen molar-refractivity contribution in [1.82, 2.24) is 0 Å². The van der Waals surface area contributed by atoms with Crippen molar-refractivity contribution in [1.29, 1.82) is 0 Å². The average Bonchev–Trinajstić information content (AvgIpc) is 2.89. The molecule has 1 aliphatic carbocycles. The maximum atomic E-state index is 12.3. The van der Waals surface area contributed by atoms with Crippen molar-refractivity contribution in [3.05, 3.63) is 28.8 Å². The molecule has 1 aromatic rings. The summed E-state index contributed by atoms with van der Waals surface area (Å²) < 4.78 is 0. The number of benzene rings is 1. The number of carbonyl (C=O) groups excluding carboxylic acids is 1. The number of carbonyl (C=O) groups is 1. The van der Waals surface area contributed by atoms with Gasteiger partial charge in [0.1, 0.15) is 0 Å². The molecule has 0 radical (unpaired) electrons. The van der Waals surface area contributed by atoms with E-state index in [9.17, 15) is 4.79 Å². The van der Waals surface area contributed by atoms with Crippen LogP contribution in [0, 0.1) is 23.7 Å². The molecule has 112 valence electrons. The van der Waals surface area contributed by atoms with Gasteiger partial charge in [-0.25, -0.2) is 0 Å². The molecule has 21 heavy (non-hydrogen) atoms. The Hall–Kier alpha value is -1.50. The fourth-order valence-electron chi connectivity index (χ4n) is 2.68. The van der Waals surface area contributed by atoms with E-state index in [4.69, 9.17) is 16.7 Å². The van der Waals surface area contributed by atoms with Gasteiger partial charge in [0.25, 0.3) is 0 Å². The van der Waals surface area contributed by atoms with Crippen LogP contribution in [0.3, 0.4) is 0 Å². The fraction of sp³-hybridized carbons (Fsp3) is 0.471. The standard InChI is InChI=1S/C17H20ClNO2/c1-12-5-4-7-14(12)17(21)19-16-11-13(6-2-3-10-20)8-9-15(16)18/h8-9,11-12,14,20H,3-5,7,10H2,1H3,(H,19,21). The molecule has 2 unspecified atom stereocenters. The summed E-state index contributed by atoms with van der Waals surface area (Å²) in [5.41, 5.74) is 1.39. The molecule has 0 saturated heterocycles. The third-order valence-electron chi connectivity index (χ3n) is 3.89. The van der Waals surface area contributed by atoms with Crippen molar-refractivity contribution in [3.63, 3.8) is 0 Å². The summed E-state index contributed by atoms with van der Waals surface area (Å²) in [5, 5.41) is 12.2. The van der Waals surface area contributed by atoms with E-state index in [-0.39, 0.29) is 18.4 Å². The van der Waals surface area contributed by atoms with Crippen LogP contribution >= 0.6 is 11.6 Å². The highest BCUT2D eigenvalue weighted by molar-refractivity contribution is 6.33. The lowest BCUT2D eigenvalue weighted by molar-refractivity contribution is -0.120. The molecule has 0 heterocycles. The first-order valence-electron chi connectivity index (χ1n) is 7.32. The van der Waals surface area contributed by atoms with E-state index in [1.165, 1.54) is 0 Å². The Kier molecular flexibility index (Phi) is 5.67. The quantitative estimate of drug-likeness (QED) is 0.840. The molecule has 0 aromatic heterocycles. The van der Waals surface area contributed by atoms with Gasteiger partial charge in [-0.2, -0.15) is 0 Å². The summed E-state index contributed by atoms with van der Waals surface area (Å²) >= 11 is 6.14. The zero-order valence-corrected chi connectivity index (χ0v) is 12.9. The number of halogens is 1. The van der Waals surface area contributed by atoms with Gasteiger partial charge in [-0.15, -0.1) is 0 Å². The van der Waals surface area contributed by atoms with Crippen LogP contribution in [-0.2, 0) is 4.79 Å². The molecule has 1 fully saturated rings. The fourth-order valence-corrected chi connectivity index (χ4v) is 2.84. The van der Waals surface area contributed by atoms with E-state index in [1.807, 2.05) is 0 Å². The molecule has 3 nitrogen and oxygen atoms in total. The predicted octanol–water partition coefficient (Wildman–Crippen LogP) is 3.45. The van der Waals surface area contributed by atoms with E-state index < -0.39 is 0 Å². The number of nitrogens with one attached hydrogen (secondary N) is 1. The van der Waals surface area contributed by atoms with Crippen molar-refractivity contribution in [2.45, 2.75) is 32.6 Å². The van der Waals surface area contributed by atoms with Gasteiger partial charge in [0.2, 0.25) is 5.91 Å². The van der Waals surface area contributed by atoms with Gasteiger partial charge in [0.15, 0.2) is 0 Å². The Bertz CT molecular complexity index is 574. The van der Waals surface area contributed by atoms with E-state index in [0.717, 1.165) is 24.8 Å². The van der Waals surface area contributed by atoms with E-state index in [1.54, 1.807) is 18.2 Å². The van der Waals surface area contributed by atoms with Gasteiger partial charge < -0.3 is 10.4 Å². The Labute approximate surface area is 130 Å². The molecule has 2 N–H and O–H groups in total. The summed E-state index contributed by atoms with van der Waals surface area (Å²) in [6.07, 6.45) is 3.60. The molecule has 4 heteroatoms. The molecule has 0 bridgehead atoms. The maximum absolute atomic E-state index is 12.3. The summed E-state index contributed by atoms with van der Waals surface area (Å²) in [4.78, 5) is 12.3. The zero-order valence-electron chi connectivity index (χ0n) is 12.2. The summed E-state index contributed by atoms with van der Waals surface area (Å²) in [5.74, 6) is 6.35. The Morgan fingerprint density at radius 2 is 2.29 bits per heavy atom. The van der Waals surface area contributed by atoms with Crippen LogP contribution in [0.25, 0.3) is 0 Å².